The number of aromatic nitrogens is 1. The molecule has 1 aromatic carbocycles. The standard InChI is InChI=1S/C17H21N3O/c1-3-10-19-17(21)16-12-15(9-11-18-16)20-13(2)14-7-5-4-6-8-14/h4-9,11-13H,3,10H2,1-2H3,(H,18,20)(H,19,21). The third-order valence-corrected chi connectivity index (χ3v) is 3.21. The lowest BCUT2D eigenvalue weighted by molar-refractivity contribution is 0.0948. The van der Waals surface area contributed by atoms with Crippen LogP contribution < -0.4 is 10.6 Å². The van der Waals surface area contributed by atoms with Gasteiger partial charge in [-0.25, -0.2) is 0 Å². The van der Waals surface area contributed by atoms with Crippen LogP contribution in [0.3, 0.4) is 0 Å². The van der Waals surface area contributed by atoms with Crippen molar-refractivity contribution in [3.05, 3.63) is 59.9 Å². The predicted molar refractivity (Wildman–Crippen MR) is 85.3 cm³/mol. The summed E-state index contributed by atoms with van der Waals surface area (Å²) in [5.41, 5.74) is 2.53. The fourth-order valence-corrected chi connectivity index (χ4v) is 2.05. The van der Waals surface area contributed by atoms with Gasteiger partial charge < -0.3 is 10.6 Å². The van der Waals surface area contributed by atoms with Gasteiger partial charge in [0.15, 0.2) is 0 Å². The zero-order chi connectivity index (χ0) is 15.1. The molecule has 4 heteroatoms. The fraction of sp³-hybridized carbons (Fsp3) is 0.294. The van der Waals surface area contributed by atoms with Gasteiger partial charge in [0.1, 0.15) is 5.69 Å². The van der Waals surface area contributed by atoms with Crippen molar-refractivity contribution in [3.63, 3.8) is 0 Å². The maximum absolute atomic E-state index is 11.9. The third-order valence-electron chi connectivity index (χ3n) is 3.21. The van der Waals surface area contributed by atoms with Crippen LogP contribution in [0.4, 0.5) is 5.69 Å². The number of nitrogens with zero attached hydrogens (tertiary/aromatic N) is 1. The molecule has 0 bridgehead atoms. The number of amides is 1. The van der Waals surface area contributed by atoms with Crippen molar-refractivity contribution >= 4 is 11.6 Å². The molecule has 0 aliphatic heterocycles. The van der Waals surface area contributed by atoms with E-state index in [0.29, 0.717) is 12.2 Å². The molecule has 1 heterocycles. The first-order chi connectivity index (χ1) is 10.2. The molecule has 0 aliphatic carbocycles. The van der Waals surface area contributed by atoms with Crippen molar-refractivity contribution in [2.45, 2.75) is 26.3 Å². The van der Waals surface area contributed by atoms with E-state index in [1.165, 1.54) is 5.56 Å². The number of anilines is 1. The van der Waals surface area contributed by atoms with E-state index in [9.17, 15) is 4.79 Å². The second-order valence-corrected chi connectivity index (χ2v) is 4.96. The molecular formula is C17H21N3O. The van der Waals surface area contributed by atoms with E-state index in [4.69, 9.17) is 0 Å². The van der Waals surface area contributed by atoms with E-state index < -0.39 is 0 Å². The van der Waals surface area contributed by atoms with Crippen molar-refractivity contribution in [1.29, 1.82) is 0 Å². The fourth-order valence-electron chi connectivity index (χ4n) is 2.05. The summed E-state index contributed by atoms with van der Waals surface area (Å²) >= 11 is 0. The monoisotopic (exact) mass is 283 g/mol. The van der Waals surface area contributed by atoms with Crippen molar-refractivity contribution < 1.29 is 4.79 Å². The number of rotatable bonds is 6. The Bertz CT molecular complexity index is 584. The summed E-state index contributed by atoms with van der Waals surface area (Å²) in [5.74, 6) is -0.132. The smallest absolute Gasteiger partial charge is 0.269 e. The summed E-state index contributed by atoms with van der Waals surface area (Å²) < 4.78 is 0. The molecule has 110 valence electrons. The Kier molecular flexibility index (Phi) is 5.32. The average Bonchev–Trinajstić information content (AvgIpc) is 2.53. The average molecular weight is 283 g/mol. The van der Waals surface area contributed by atoms with Crippen molar-refractivity contribution in [1.82, 2.24) is 10.3 Å². The van der Waals surface area contributed by atoms with Gasteiger partial charge in [0.25, 0.3) is 5.91 Å². The van der Waals surface area contributed by atoms with Crippen LogP contribution in [0.25, 0.3) is 0 Å². The van der Waals surface area contributed by atoms with Crippen LogP contribution >= 0.6 is 0 Å². The molecule has 1 unspecified atom stereocenters. The van der Waals surface area contributed by atoms with E-state index in [1.54, 1.807) is 12.3 Å². The minimum Gasteiger partial charge on any atom is -0.378 e. The van der Waals surface area contributed by atoms with Crippen LogP contribution in [-0.4, -0.2) is 17.4 Å². The first-order valence-corrected chi connectivity index (χ1v) is 7.26. The highest BCUT2D eigenvalue weighted by Crippen LogP contribution is 2.18. The molecule has 2 N–H and O–H groups in total. The SMILES string of the molecule is CCCNC(=O)c1cc(NC(C)c2ccccc2)ccn1. The zero-order valence-electron chi connectivity index (χ0n) is 12.5. The molecule has 1 amide bonds. The number of pyridine rings is 1. The van der Waals surface area contributed by atoms with Crippen molar-refractivity contribution in [3.8, 4) is 0 Å². The molecule has 21 heavy (non-hydrogen) atoms. The summed E-state index contributed by atoms with van der Waals surface area (Å²) in [6.07, 6.45) is 2.57. The van der Waals surface area contributed by atoms with Crippen LogP contribution in [0.15, 0.2) is 48.7 Å². The van der Waals surface area contributed by atoms with Gasteiger partial charge in [0.05, 0.1) is 0 Å². The highest BCUT2D eigenvalue weighted by molar-refractivity contribution is 5.93. The van der Waals surface area contributed by atoms with Gasteiger partial charge >= 0.3 is 0 Å². The molecule has 0 aliphatic rings. The van der Waals surface area contributed by atoms with E-state index in [-0.39, 0.29) is 11.9 Å². The maximum Gasteiger partial charge on any atom is 0.269 e. The Morgan fingerprint density at radius 2 is 2.00 bits per heavy atom. The summed E-state index contributed by atoms with van der Waals surface area (Å²) in [4.78, 5) is 16.0. The topological polar surface area (TPSA) is 54.0 Å². The highest BCUT2D eigenvalue weighted by atomic mass is 16.1. The highest BCUT2D eigenvalue weighted by Gasteiger charge is 2.09. The minimum atomic E-state index is -0.132. The second kappa shape index (κ2) is 7.43. The summed E-state index contributed by atoms with van der Waals surface area (Å²) in [5, 5.41) is 6.22. The van der Waals surface area contributed by atoms with E-state index in [0.717, 1.165) is 12.1 Å². The van der Waals surface area contributed by atoms with Crippen LogP contribution in [-0.2, 0) is 0 Å². The number of hydrogen-bond acceptors (Lipinski definition) is 3. The Labute approximate surface area is 125 Å². The first kappa shape index (κ1) is 15.0. The lowest BCUT2D eigenvalue weighted by atomic mass is 10.1. The number of carbonyl (C=O) groups is 1. The van der Waals surface area contributed by atoms with E-state index in [1.807, 2.05) is 31.2 Å². The Morgan fingerprint density at radius 1 is 1.24 bits per heavy atom. The lowest BCUT2D eigenvalue weighted by Crippen LogP contribution is -2.25. The van der Waals surface area contributed by atoms with Crippen molar-refractivity contribution in [2.75, 3.05) is 11.9 Å². The molecule has 0 spiro atoms. The lowest BCUT2D eigenvalue weighted by Gasteiger charge is -2.16. The van der Waals surface area contributed by atoms with Gasteiger partial charge in [-0.2, -0.15) is 0 Å². The molecular weight excluding hydrogens is 262 g/mol. The molecule has 2 rings (SSSR count). The van der Waals surface area contributed by atoms with Crippen LogP contribution in [0.2, 0.25) is 0 Å². The predicted octanol–water partition coefficient (Wildman–Crippen LogP) is 3.39. The molecule has 1 atom stereocenters. The minimum absolute atomic E-state index is 0.132. The quantitative estimate of drug-likeness (QED) is 0.854. The van der Waals surface area contributed by atoms with Crippen molar-refractivity contribution in [2.24, 2.45) is 0 Å². The normalized spacial score (nSPS) is 11.7. The van der Waals surface area contributed by atoms with Crippen LogP contribution in [0.1, 0.15) is 42.4 Å². The summed E-state index contributed by atoms with van der Waals surface area (Å²) in [6, 6.07) is 14.0. The van der Waals surface area contributed by atoms with E-state index >= 15 is 0 Å². The van der Waals surface area contributed by atoms with Crippen LogP contribution in [0.5, 0.6) is 0 Å². The van der Waals surface area contributed by atoms with Gasteiger partial charge in [-0.3, -0.25) is 9.78 Å². The van der Waals surface area contributed by atoms with Gasteiger partial charge in [0.2, 0.25) is 0 Å². The zero-order valence-corrected chi connectivity index (χ0v) is 12.5. The Morgan fingerprint density at radius 3 is 2.71 bits per heavy atom. The van der Waals surface area contributed by atoms with Gasteiger partial charge in [-0.15, -0.1) is 0 Å². The Hall–Kier alpha value is -2.36. The third kappa shape index (κ3) is 4.31. The Balaban J connectivity index is 2.06. The molecule has 0 saturated carbocycles. The molecule has 0 radical (unpaired) electrons. The second-order valence-electron chi connectivity index (χ2n) is 4.96. The van der Waals surface area contributed by atoms with E-state index in [2.05, 4.69) is 34.7 Å². The maximum atomic E-state index is 11.9. The largest absolute Gasteiger partial charge is 0.378 e. The van der Waals surface area contributed by atoms with Crippen LogP contribution in [0, 0.1) is 0 Å². The first-order valence-electron chi connectivity index (χ1n) is 7.26. The molecule has 2 aromatic rings. The number of benzene rings is 1. The number of hydrogen-bond donors (Lipinski definition) is 2. The molecule has 0 saturated heterocycles. The number of carbonyl (C=O) groups excluding carboxylic acids is 1. The number of nitrogens with one attached hydrogen (secondary N) is 2. The molecule has 0 fully saturated rings. The summed E-state index contributed by atoms with van der Waals surface area (Å²) in [6.45, 7) is 4.78. The van der Waals surface area contributed by atoms with Gasteiger partial charge in [0, 0.05) is 24.5 Å². The molecule has 1 aromatic heterocycles. The molecule has 4 nitrogen and oxygen atoms in total. The van der Waals surface area contributed by atoms with Gasteiger partial charge in [-0.1, -0.05) is 37.3 Å². The summed E-state index contributed by atoms with van der Waals surface area (Å²) in [7, 11) is 0. The van der Waals surface area contributed by atoms with Gasteiger partial charge in [-0.05, 0) is 31.0 Å².